The summed E-state index contributed by atoms with van der Waals surface area (Å²) in [5.41, 5.74) is 2.94. The van der Waals surface area contributed by atoms with Gasteiger partial charge in [0.05, 0.1) is 13.2 Å². The quantitative estimate of drug-likeness (QED) is 0.842. The molecule has 3 heteroatoms. The van der Waals surface area contributed by atoms with Crippen molar-refractivity contribution in [1.29, 1.82) is 0 Å². The molecular weight excluding hydrogens is 248 g/mol. The van der Waals surface area contributed by atoms with Crippen LogP contribution >= 0.6 is 0 Å². The standard InChI is InChI=1S/C17H26N2O/c1-2-15-5-3-4-6-17(15)19-9-7-16(8-10-19)18-11-13-20-14-12-18/h3-6,16H,2,7-14H2,1H3. The fraction of sp³-hybridized carbons (Fsp3) is 0.647. The Hall–Kier alpha value is -1.06. The van der Waals surface area contributed by atoms with Gasteiger partial charge >= 0.3 is 0 Å². The molecule has 0 unspecified atom stereocenters. The molecule has 110 valence electrons. The van der Waals surface area contributed by atoms with E-state index in [9.17, 15) is 0 Å². The maximum Gasteiger partial charge on any atom is 0.0594 e. The Morgan fingerprint density at radius 3 is 2.45 bits per heavy atom. The molecule has 2 aliphatic heterocycles. The molecular formula is C17H26N2O. The number of morpholine rings is 1. The molecule has 3 nitrogen and oxygen atoms in total. The average Bonchev–Trinajstić information content (AvgIpc) is 2.56. The summed E-state index contributed by atoms with van der Waals surface area (Å²) >= 11 is 0. The Bertz CT molecular complexity index is 421. The van der Waals surface area contributed by atoms with E-state index in [1.807, 2.05) is 0 Å². The van der Waals surface area contributed by atoms with E-state index < -0.39 is 0 Å². The highest BCUT2D eigenvalue weighted by Crippen LogP contribution is 2.26. The van der Waals surface area contributed by atoms with E-state index in [0.717, 1.165) is 38.8 Å². The first-order valence-electron chi connectivity index (χ1n) is 8.03. The summed E-state index contributed by atoms with van der Waals surface area (Å²) in [6, 6.07) is 9.65. The molecule has 2 saturated heterocycles. The average molecular weight is 274 g/mol. The van der Waals surface area contributed by atoms with Crippen LogP contribution in [0.15, 0.2) is 24.3 Å². The summed E-state index contributed by atoms with van der Waals surface area (Å²) < 4.78 is 5.46. The topological polar surface area (TPSA) is 15.7 Å². The van der Waals surface area contributed by atoms with Crippen LogP contribution in [-0.2, 0) is 11.2 Å². The first-order valence-corrected chi connectivity index (χ1v) is 8.03. The van der Waals surface area contributed by atoms with Gasteiger partial charge in [-0.15, -0.1) is 0 Å². The lowest BCUT2D eigenvalue weighted by atomic mass is 10.0. The molecule has 3 rings (SSSR count). The molecule has 0 spiro atoms. The molecule has 0 aromatic heterocycles. The molecule has 0 saturated carbocycles. The second-order valence-electron chi connectivity index (χ2n) is 5.85. The molecule has 2 heterocycles. The van der Waals surface area contributed by atoms with Crippen LogP contribution in [0.2, 0.25) is 0 Å². The molecule has 1 aromatic rings. The SMILES string of the molecule is CCc1ccccc1N1CCC(N2CCOCC2)CC1. The van der Waals surface area contributed by atoms with Crippen LogP contribution < -0.4 is 4.90 Å². The van der Waals surface area contributed by atoms with Gasteiger partial charge in [0.15, 0.2) is 0 Å². The molecule has 0 N–H and O–H groups in total. The monoisotopic (exact) mass is 274 g/mol. The largest absolute Gasteiger partial charge is 0.379 e. The lowest BCUT2D eigenvalue weighted by molar-refractivity contribution is 0.0115. The number of anilines is 1. The highest BCUT2D eigenvalue weighted by Gasteiger charge is 2.26. The zero-order valence-electron chi connectivity index (χ0n) is 12.6. The summed E-state index contributed by atoms with van der Waals surface area (Å²) in [4.78, 5) is 5.21. The highest BCUT2D eigenvalue weighted by atomic mass is 16.5. The molecule has 0 bridgehead atoms. The third-order valence-corrected chi connectivity index (χ3v) is 4.74. The summed E-state index contributed by atoms with van der Waals surface area (Å²) in [6.07, 6.45) is 3.70. The van der Waals surface area contributed by atoms with E-state index in [2.05, 4.69) is 41.0 Å². The predicted octanol–water partition coefficient (Wildman–Crippen LogP) is 2.55. The minimum atomic E-state index is 0.768. The van der Waals surface area contributed by atoms with Crippen molar-refractivity contribution in [3.8, 4) is 0 Å². The molecule has 0 aliphatic carbocycles. The Balaban J connectivity index is 1.60. The molecule has 1 aromatic carbocycles. The van der Waals surface area contributed by atoms with Crippen molar-refractivity contribution in [2.24, 2.45) is 0 Å². The third kappa shape index (κ3) is 2.99. The number of para-hydroxylation sites is 1. The molecule has 2 fully saturated rings. The van der Waals surface area contributed by atoms with Gasteiger partial charge in [0.2, 0.25) is 0 Å². The Morgan fingerprint density at radius 1 is 1.05 bits per heavy atom. The van der Waals surface area contributed by atoms with Gasteiger partial charge in [-0.25, -0.2) is 0 Å². The van der Waals surface area contributed by atoms with E-state index in [4.69, 9.17) is 4.74 Å². The fourth-order valence-electron chi connectivity index (χ4n) is 3.53. The molecule has 0 radical (unpaired) electrons. The van der Waals surface area contributed by atoms with E-state index in [1.54, 1.807) is 0 Å². The van der Waals surface area contributed by atoms with Crippen molar-refractivity contribution >= 4 is 5.69 Å². The van der Waals surface area contributed by atoms with Crippen LogP contribution in [0.5, 0.6) is 0 Å². The van der Waals surface area contributed by atoms with Gasteiger partial charge in [0, 0.05) is 37.9 Å². The zero-order chi connectivity index (χ0) is 13.8. The van der Waals surface area contributed by atoms with Crippen molar-refractivity contribution in [2.75, 3.05) is 44.3 Å². The van der Waals surface area contributed by atoms with Crippen LogP contribution in [0.4, 0.5) is 5.69 Å². The maximum atomic E-state index is 5.46. The van der Waals surface area contributed by atoms with E-state index >= 15 is 0 Å². The maximum absolute atomic E-state index is 5.46. The second-order valence-corrected chi connectivity index (χ2v) is 5.85. The zero-order valence-corrected chi connectivity index (χ0v) is 12.6. The minimum Gasteiger partial charge on any atom is -0.379 e. The number of ether oxygens (including phenoxy) is 1. The highest BCUT2D eigenvalue weighted by molar-refractivity contribution is 5.54. The molecule has 0 amide bonds. The van der Waals surface area contributed by atoms with Crippen molar-refractivity contribution < 1.29 is 4.74 Å². The van der Waals surface area contributed by atoms with Crippen molar-refractivity contribution in [2.45, 2.75) is 32.2 Å². The lowest BCUT2D eigenvalue weighted by Crippen LogP contribution is -2.49. The first kappa shape index (κ1) is 13.9. The number of hydrogen-bond acceptors (Lipinski definition) is 3. The number of nitrogens with zero attached hydrogens (tertiary/aromatic N) is 2. The summed E-state index contributed by atoms with van der Waals surface area (Å²) in [6.45, 7) is 8.71. The van der Waals surface area contributed by atoms with Gasteiger partial charge in [-0.3, -0.25) is 4.90 Å². The summed E-state index contributed by atoms with van der Waals surface area (Å²) in [7, 11) is 0. The van der Waals surface area contributed by atoms with Gasteiger partial charge in [-0.05, 0) is 30.9 Å². The van der Waals surface area contributed by atoms with Crippen LogP contribution in [0.1, 0.15) is 25.3 Å². The Labute approximate surface area is 122 Å². The number of aryl methyl sites for hydroxylation is 1. The smallest absolute Gasteiger partial charge is 0.0594 e. The van der Waals surface area contributed by atoms with E-state index in [0.29, 0.717) is 0 Å². The Kier molecular flexibility index (Phi) is 4.58. The van der Waals surface area contributed by atoms with Crippen molar-refractivity contribution in [3.63, 3.8) is 0 Å². The molecule has 0 atom stereocenters. The van der Waals surface area contributed by atoms with Crippen molar-refractivity contribution in [1.82, 2.24) is 4.90 Å². The van der Waals surface area contributed by atoms with Crippen LogP contribution in [0.3, 0.4) is 0 Å². The van der Waals surface area contributed by atoms with E-state index in [-0.39, 0.29) is 0 Å². The predicted molar refractivity (Wildman–Crippen MR) is 83.4 cm³/mol. The van der Waals surface area contributed by atoms with Gasteiger partial charge in [0.25, 0.3) is 0 Å². The van der Waals surface area contributed by atoms with Gasteiger partial charge < -0.3 is 9.64 Å². The number of rotatable bonds is 3. The molecule has 20 heavy (non-hydrogen) atoms. The van der Waals surface area contributed by atoms with Gasteiger partial charge in [-0.2, -0.15) is 0 Å². The number of piperidine rings is 1. The normalized spacial score (nSPS) is 22.1. The lowest BCUT2D eigenvalue weighted by Gasteiger charge is -2.41. The molecule has 2 aliphatic rings. The van der Waals surface area contributed by atoms with Gasteiger partial charge in [-0.1, -0.05) is 25.1 Å². The fourth-order valence-corrected chi connectivity index (χ4v) is 3.53. The summed E-state index contributed by atoms with van der Waals surface area (Å²) in [5.74, 6) is 0. The first-order chi connectivity index (χ1) is 9.88. The minimum absolute atomic E-state index is 0.768. The second kappa shape index (κ2) is 6.59. The Morgan fingerprint density at radius 2 is 1.75 bits per heavy atom. The van der Waals surface area contributed by atoms with E-state index in [1.165, 1.54) is 37.2 Å². The number of hydrogen-bond donors (Lipinski definition) is 0. The van der Waals surface area contributed by atoms with Crippen molar-refractivity contribution in [3.05, 3.63) is 29.8 Å². The number of benzene rings is 1. The third-order valence-electron chi connectivity index (χ3n) is 4.74. The van der Waals surface area contributed by atoms with Gasteiger partial charge in [0.1, 0.15) is 0 Å². The summed E-state index contributed by atoms with van der Waals surface area (Å²) in [5, 5.41) is 0. The van der Waals surface area contributed by atoms with Crippen LogP contribution in [0.25, 0.3) is 0 Å². The van der Waals surface area contributed by atoms with Crippen LogP contribution in [0, 0.1) is 0 Å². The van der Waals surface area contributed by atoms with Crippen LogP contribution in [-0.4, -0.2) is 50.3 Å².